The Morgan fingerprint density at radius 3 is 1.11 bits per heavy atom. The minimum Gasteiger partial charge on any atom is -0.480 e. The van der Waals surface area contributed by atoms with E-state index in [-0.39, 0.29) is 41.2 Å². The van der Waals surface area contributed by atoms with E-state index in [1.165, 1.54) is 24.3 Å². The molecule has 0 spiro atoms. The fourth-order valence-corrected chi connectivity index (χ4v) is 6.10. The summed E-state index contributed by atoms with van der Waals surface area (Å²) in [6.07, 6.45) is 0. The number of rotatable bonds is 9. The highest BCUT2D eigenvalue weighted by Crippen LogP contribution is 2.32. The molecular formula is C23H20N2O8S2. The van der Waals surface area contributed by atoms with Gasteiger partial charge in [0.05, 0.1) is 22.3 Å². The van der Waals surface area contributed by atoms with E-state index in [0.29, 0.717) is 9.80 Å². The molecule has 2 aromatic rings. The van der Waals surface area contributed by atoms with Crippen molar-refractivity contribution in [3.8, 4) is 0 Å². The van der Waals surface area contributed by atoms with Crippen molar-refractivity contribution in [3.05, 3.63) is 70.8 Å². The highest BCUT2D eigenvalue weighted by Gasteiger charge is 2.44. The number of carboxylic acids is 2. The van der Waals surface area contributed by atoms with Crippen LogP contribution >= 0.6 is 21.6 Å². The Morgan fingerprint density at radius 1 is 0.629 bits per heavy atom. The molecule has 12 heteroatoms. The van der Waals surface area contributed by atoms with Crippen LogP contribution in [0.15, 0.2) is 48.5 Å². The summed E-state index contributed by atoms with van der Waals surface area (Å²) in [7, 11) is 1.85. The Bertz CT molecular complexity index is 1080. The predicted octanol–water partition coefficient (Wildman–Crippen LogP) is 2.50. The van der Waals surface area contributed by atoms with Crippen LogP contribution < -0.4 is 0 Å². The molecule has 4 amide bonds. The number of amides is 4. The summed E-state index contributed by atoms with van der Waals surface area (Å²) in [5.41, 5.74) is 0.474. The van der Waals surface area contributed by atoms with Crippen molar-refractivity contribution in [2.45, 2.75) is 19.5 Å². The Kier molecular flexibility index (Phi) is 7.66. The van der Waals surface area contributed by atoms with Crippen molar-refractivity contribution in [1.82, 2.24) is 9.80 Å². The van der Waals surface area contributed by atoms with Crippen LogP contribution in [0.4, 0.5) is 0 Å². The van der Waals surface area contributed by atoms with Gasteiger partial charge in [-0.2, -0.15) is 0 Å². The van der Waals surface area contributed by atoms with E-state index < -0.39 is 47.7 Å². The number of imide groups is 2. The summed E-state index contributed by atoms with van der Waals surface area (Å²) in [6.45, 7) is 0. The van der Waals surface area contributed by atoms with Crippen LogP contribution in [0, 0.1) is 0 Å². The average molecular weight is 517 g/mol. The van der Waals surface area contributed by atoms with Crippen LogP contribution in [0.1, 0.15) is 48.9 Å². The van der Waals surface area contributed by atoms with Gasteiger partial charge < -0.3 is 10.2 Å². The second-order valence-electron chi connectivity index (χ2n) is 7.33. The Labute approximate surface area is 207 Å². The first kappa shape index (κ1) is 26.0. The molecule has 2 heterocycles. The van der Waals surface area contributed by atoms with E-state index in [9.17, 15) is 39.0 Å². The van der Waals surface area contributed by atoms with Crippen LogP contribution in [0.3, 0.4) is 0 Å². The van der Waals surface area contributed by atoms with E-state index in [1.807, 2.05) is 0 Å². The highest BCUT2D eigenvalue weighted by atomic mass is 33.1. The van der Waals surface area contributed by atoms with Gasteiger partial charge in [-0.05, 0) is 24.3 Å². The summed E-state index contributed by atoms with van der Waals surface area (Å²) < 4.78 is 0. The molecule has 0 saturated carbocycles. The van der Waals surface area contributed by atoms with Gasteiger partial charge in [0, 0.05) is 11.5 Å². The number of benzene rings is 2. The third-order valence-corrected chi connectivity index (χ3v) is 7.77. The molecule has 0 unspecified atom stereocenters. The molecule has 0 aliphatic carbocycles. The lowest BCUT2D eigenvalue weighted by atomic mass is 10.1. The molecule has 2 aromatic carbocycles. The smallest absolute Gasteiger partial charge is 0.327 e. The van der Waals surface area contributed by atoms with Crippen LogP contribution in [0.5, 0.6) is 0 Å². The molecule has 4 rings (SSSR count). The number of fused-ring (bicyclic) bond motifs is 2. The third kappa shape index (κ3) is 4.54. The predicted molar refractivity (Wildman–Crippen MR) is 128 cm³/mol. The van der Waals surface area contributed by atoms with Crippen LogP contribution in [-0.4, -0.2) is 79.2 Å². The van der Waals surface area contributed by atoms with E-state index in [4.69, 9.17) is 0 Å². The molecule has 0 fully saturated rings. The van der Waals surface area contributed by atoms with Crippen LogP contribution in [0.2, 0.25) is 0 Å². The topological polar surface area (TPSA) is 149 Å². The molecule has 0 radical (unpaired) electrons. The second-order valence-corrected chi connectivity index (χ2v) is 9.88. The Morgan fingerprint density at radius 2 is 0.886 bits per heavy atom. The summed E-state index contributed by atoms with van der Waals surface area (Å²) in [5.74, 6) is -6.09. The minimum atomic E-state index is -1.48. The fourth-order valence-electron chi connectivity index (χ4n) is 3.72. The largest absolute Gasteiger partial charge is 0.480 e. The zero-order chi connectivity index (χ0) is 24.6. The number of hydrogen-bond donors (Lipinski definition) is 2. The normalized spacial score (nSPS) is 16.0. The van der Waals surface area contributed by atoms with Gasteiger partial charge in [0.1, 0.15) is 12.1 Å². The first-order valence-corrected chi connectivity index (χ1v) is 12.4. The summed E-state index contributed by atoms with van der Waals surface area (Å²) >= 11 is 0. The molecule has 2 aliphatic heterocycles. The molecule has 0 saturated heterocycles. The van der Waals surface area contributed by atoms with E-state index >= 15 is 0 Å². The molecule has 0 aromatic heterocycles. The Hall–Kier alpha value is -3.64. The zero-order valence-electron chi connectivity index (χ0n) is 17.2. The summed E-state index contributed by atoms with van der Waals surface area (Å²) in [6, 6.07) is 9.08. The SMILES string of the molecule is C.O=C(O)[C@H](CSSC[C@@H](C(=O)O)N1C(=O)c2ccccc2C1=O)N1C(=O)c2ccccc2C1=O. The maximum Gasteiger partial charge on any atom is 0.327 e. The number of aliphatic carboxylic acids is 2. The standard InChI is InChI=1S/C22H16N2O8S2.CH4/c25-17-11-5-1-2-6-12(11)18(26)23(17)15(21(29)30)9-33-34-10-16(22(31)32)24-19(27)13-7-3-4-8-14(13)20(24)28;/h1-8,15-16H,9-10H2,(H,29,30)(H,31,32);1H4/t15-,16-;/m0./s1. The lowest BCUT2D eigenvalue weighted by molar-refractivity contribution is -0.141. The Balaban J connectivity index is 0.00000342. The molecule has 10 nitrogen and oxygen atoms in total. The van der Waals surface area contributed by atoms with Gasteiger partial charge in [-0.1, -0.05) is 53.3 Å². The van der Waals surface area contributed by atoms with Crippen molar-refractivity contribution < 1.29 is 39.0 Å². The van der Waals surface area contributed by atoms with Gasteiger partial charge in [-0.15, -0.1) is 0 Å². The number of nitrogens with zero attached hydrogens (tertiary/aromatic N) is 2. The third-order valence-electron chi connectivity index (χ3n) is 5.38. The molecule has 182 valence electrons. The quantitative estimate of drug-likeness (QED) is 0.289. The maximum atomic E-state index is 12.6. The van der Waals surface area contributed by atoms with E-state index in [0.717, 1.165) is 21.6 Å². The van der Waals surface area contributed by atoms with Gasteiger partial charge in [0.15, 0.2) is 0 Å². The first-order valence-electron chi connectivity index (χ1n) is 9.88. The van der Waals surface area contributed by atoms with Crippen molar-refractivity contribution >= 4 is 57.2 Å². The van der Waals surface area contributed by atoms with Gasteiger partial charge in [-0.25, -0.2) is 9.59 Å². The average Bonchev–Trinajstić information content (AvgIpc) is 3.21. The minimum absolute atomic E-state index is 0. The molecule has 2 N–H and O–H groups in total. The van der Waals surface area contributed by atoms with Crippen molar-refractivity contribution in [3.63, 3.8) is 0 Å². The number of hydrogen-bond acceptors (Lipinski definition) is 8. The van der Waals surface area contributed by atoms with Gasteiger partial charge in [-0.3, -0.25) is 29.0 Å². The van der Waals surface area contributed by atoms with Gasteiger partial charge in [0.2, 0.25) is 0 Å². The van der Waals surface area contributed by atoms with E-state index in [1.54, 1.807) is 24.3 Å². The zero-order valence-corrected chi connectivity index (χ0v) is 18.9. The first-order chi connectivity index (χ1) is 16.2. The molecule has 2 atom stereocenters. The molecule has 0 bridgehead atoms. The summed E-state index contributed by atoms with van der Waals surface area (Å²) in [5, 5.41) is 19.3. The van der Waals surface area contributed by atoms with Gasteiger partial charge >= 0.3 is 11.9 Å². The highest BCUT2D eigenvalue weighted by molar-refractivity contribution is 8.76. The van der Waals surface area contributed by atoms with Crippen molar-refractivity contribution in [1.29, 1.82) is 0 Å². The molecular weight excluding hydrogens is 496 g/mol. The second kappa shape index (κ2) is 10.3. The van der Waals surface area contributed by atoms with Gasteiger partial charge in [0.25, 0.3) is 23.6 Å². The fraction of sp³-hybridized carbons (Fsp3) is 0.217. The summed E-state index contributed by atoms with van der Waals surface area (Å²) in [4.78, 5) is 75.4. The molecule has 2 aliphatic rings. The number of carbonyl (C=O) groups excluding carboxylic acids is 4. The lowest BCUT2D eigenvalue weighted by Crippen LogP contribution is -2.47. The molecule has 35 heavy (non-hydrogen) atoms. The number of carbonyl (C=O) groups is 6. The van der Waals surface area contributed by atoms with E-state index in [2.05, 4.69) is 0 Å². The van der Waals surface area contributed by atoms with Crippen molar-refractivity contribution in [2.75, 3.05) is 11.5 Å². The van der Waals surface area contributed by atoms with Crippen LogP contribution in [0.25, 0.3) is 0 Å². The lowest BCUT2D eigenvalue weighted by Gasteiger charge is -2.23. The van der Waals surface area contributed by atoms with Crippen LogP contribution in [-0.2, 0) is 9.59 Å². The number of carboxylic acid groups (broad SMARTS) is 2. The monoisotopic (exact) mass is 516 g/mol. The van der Waals surface area contributed by atoms with Crippen molar-refractivity contribution in [2.24, 2.45) is 0 Å². The maximum absolute atomic E-state index is 12.6.